The van der Waals surface area contributed by atoms with Crippen LogP contribution in [0.3, 0.4) is 0 Å². The van der Waals surface area contributed by atoms with E-state index in [2.05, 4.69) is 20.8 Å². The van der Waals surface area contributed by atoms with Gasteiger partial charge in [0, 0.05) is 18.7 Å². The number of benzene rings is 2. The molecule has 13 heteroatoms. The quantitative estimate of drug-likeness (QED) is 0.213. The molecule has 0 saturated heterocycles. The molecule has 0 unspecified atom stereocenters. The summed E-state index contributed by atoms with van der Waals surface area (Å²) in [5, 5.41) is 24.2. The second kappa shape index (κ2) is 13.1. The average molecular weight is 578 g/mol. The average Bonchev–Trinajstić information content (AvgIpc) is 3.19. The number of ether oxygens (including phenoxy) is 2. The van der Waals surface area contributed by atoms with Gasteiger partial charge in [-0.15, -0.1) is 15.3 Å². The van der Waals surface area contributed by atoms with Gasteiger partial charge in [0.15, 0.2) is 0 Å². The SMILES string of the molecule is CC(C)(C)OC(=O)NCCCNc1ccc(-c2ccc(OC[C@@H](ON3C(=O)c4ccccc4C3=O)C(=O)O)cc2)nn1. The Morgan fingerprint density at radius 1 is 0.929 bits per heavy atom. The lowest BCUT2D eigenvalue weighted by molar-refractivity contribution is -0.178. The minimum atomic E-state index is -1.61. The summed E-state index contributed by atoms with van der Waals surface area (Å²) in [6.07, 6.45) is -1.40. The van der Waals surface area contributed by atoms with Crippen molar-refractivity contribution in [3.05, 3.63) is 71.8 Å². The van der Waals surface area contributed by atoms with Crippen molar-refractivity contribution in [3.8, 4) is 17.0 Å². The highest BCUT2D eigenvalue weighted by atomic mass is 16.7. The second-order valence-electron chi connectivity index (χ2n) is 10.2. The van der Waals surface area contributed by atoms with Crippen LogP contribution in [0.4, 0.5) is 10.6 Å². The van der Waals surface area contributed by atoms with Crippen molar-refractivity contribution in [2.45, 2.75) is 38.9 Å². The van der Waals surface area contributed by atoms with Gasteiger partial charge in [-0.2, -0.15) is 0 Å². The Morgan fingerprint density at radius 2 is 1.60 bits per heavy atom. The summed E-state index contributed by atoms with van der Waals surface area (Å²) in [6.45, 7) is 5.98. The fraction of sp³-hybridized carbons (Fsp3) is 0.310. The molecular weight excluding hydrogens is 546 g/mol. The van der Waals surface area contributed by atoms with Crippen molar-refractivity contribution < 1.29 is 38.6 Å². The zero-order valence-electron chi connectivity index (χ0n) is 23.3. The number of aromatic nitrogens is 2. The molecule has 0 bridgehead atoms. The molecule has 0 saturated carbocycles. The molecule has 0 aliphatic carbocycles. The number of carboxylic acids is 1. The van der Waals surface area contributed by atoms with Gasteiger partial charge >= 0.3 is 12.1 Å². The lowest BCUT2D eigenvalue weighted by Gasteiger charge is -2.19. The van der Waals surface area contributed by atoms with E-state index in [0.29, 0.717) is 41.8 Å². The van der Waals surface area contributed by atoms with Crippen LogP contribution >= 0.6 is 0 Å². The van der Waals surface area contributed by atoms with E-state index in [0.717, 1.165) is 5.56 Å². The Bertz CT molecular complexity index is 1400. The maximum atomic E-state index is 12.5. The molecule has 0 radical (unpaired) electrons. The first-order valence-electron chi connectivity index (χ1n) is 13.2. The van der Waals surface area contributed by atoms with E-state index in [1.54, 1.807) is 69.3 Å². The molecule has 0 spiro atoms. The Morgan fingerprint density at radius 3 is 2.17 bits per heavy atom. The number of fused-ring (bicyclic) bond motifs is 1. The first-order chi connectivity index (χ1) is 20.0. The monoisotopic (exact) mass is 577 g/mol. The van der Waals surface area contributed by atoms with Crippen LogP contribution in [0.15, 0.2) is 60.7 Å². The van der Waals surface area contributed by atoms with Crippen LogP contribution in [0, 0.1) is 0 Å². The molecule has 13 nitrogen and oxygen atoms in total. The second-order valence-corrected chi connectivity index (χ2v) is 10.2. The smallest absolute Gasteiger partial charge is 0.407 e. The van der Waals surface area contributed by atoms with E-state index < -0.39 is 42.2 Å². The molecule has 3 amide bonds. The molecule has 1 aromatic heterocycles. The van der Waals surface area contributed by atoms with Gasteiger partial charge in [0.2, 0.25) is 6.10 Å². The Kier molecular flexibility index (Phi) is 9.32. The van der Waals surface area contributed by atoms with E-state index in [1.807, 2.05) is 0 Å². The summed E-state index contributed by atoms with van der Waals surface area (Å²) in [7, 11) is 0. The zero-order chi connectivity index (χ0) is 30.3. The van der Waals surface area contributed by atoms with Crippen molar-refractivity contribution in [3.63, 3.8) is 0 Å². The van der Waals surface area contributed by atoms with Gasteiger partial charge in [-0.05, 0) is 75.7 Å². The van der Waals surface area contributed by atoms with Gasteiger partial charge in [0.05, 0.1) is 16.8 Å². The summed E-state index contributed by atoms with van der Waals surface area (Å²) in [4.78, 5) is 53.6. The molecule has 1 aliphatic rings. The molecule has 4 rings (SSSR count). The highest BCUT2D eigenvalue weighted by molar-refractivity contribution is 6.20. The summed E-state index contributed by atoms with van der Waals surface area (Å²) < 4.78 is 10.8. The zero-order valence-corrected chi connectivity index (χ0v) is 23.3. The van der Waals surface area contributed by atoms with Crippen molar-refractivity contribution in [2.24, 2.45) is 0 Å². The third-order valence-electron chi connectivity index (χ3n) is 5.81. The van der Waals surface area contributed by atoms with E-state index in [-0.39, 0.29) is 11.1 Å². The number of rotatable bonds is 12. The fourth-order valence-corrected chi connectivity index (χ4v) is 3.82. The molecular formula is C29H31N5O8. The number of carboxylic acid groups (broad SMARTS) is 1. The van der Waals surface area contributed by atoms with Gasteiger partial charge < -0.3 is 25.2 Å². The van der Waals surface area contributed by atoms with Crippen molar-refractivity contribution >= 4 is 29.7 Å². The number of alkyl carbamates (subject to hydrolysis) is 1. The number of imide groups is 1. The Hall–Kier alpha value is -5.04. The van der Waals surface area contributed by atoms with Crippen LogP contribution in [0.5, 0.6) is 5.75 Å². The molecule has 3 aromatic rings. The summed E-state index contributed by atoms with van der Waals surface area (Å²) in [5.74, 6) is -1.94. The molecule has 0 fully saturated rings. The molecule has 220 valence electrons. The Balaban J connectivity index is 1.24. The first-order valence-corrected chi connectivity index (χ1v) is 13.2. The number of hydrogen-bond donors (Lipinski definition) is 3. The van der Waals surface area contributed by atoms with Crippen molar-refractivity contribution in [2.75, 3.05) is 25.0 Å². The normalized spacial score (nSPS) is 13.4. The number of nitrogens with zero attached hydrogens (tertiary/aromatic N) is 3. The van der Waals surface area contributed by atoms with Gasteiger partial charge in [0.25, 0.3) is 11.8 Å². The van der Waals surface area contributed by atoms with Crippen LogP contribution in [0.2, 0.25) is 0 Å². The lowest BCUT2D eigenvalue weighted by atomic mass is 10.1. The van der Waals surface area contributed by atoms with Crippen LogP contribution in [-0.4, -0.2) is 75.6 Å². The minimum Gasteiger partial charge on any atom is -0.490 e. The van der Waals surface area contributed by atoms with E-state index >= 15 is 0 Å². The fourth-order valence-electron chi connectivity index (χ4n) is 3.82. The molecule has 2 heterocycles. The number of hydroxylamine groups is 2. The van der Waals surface area contributed by atoms with Crippen LogP contribution in [-0.2, 0) is 14.4 Å². The molecule has 1 aliphatic heterocycles. The van der Waals surface area contributed by atoms with Crippen LogP contribution < -0.4 is 15.4 Å². The Labute approximate surface area is 241 Å². The van der Waals surface area contributed by atoms with E-state index in [1.165, 1.54) is 12.1 Å². The predicted octanol–water partition coefficient (Wildman–Crippen LogP) is 3.53. The van der Waals surface area contributed by atoms with Gasteiger partial charge in [-0.3, -0.25) is 9.59 Å². The highest BCUT2D eigenvalue weighted by Crippen LogP contribution is 2.24. The minimum absolute atomic E-state index is 0.141. The predicted molar refractivity (Wildman–Crippen MR) is 150 cm³/mol. The van der Waals surface area contributed by atoms with Gasteiger partial charge in [-0.1, -0.05) is 12.1 Å². The van der Waals surface area contributed by atoms with Crippen LogP contribution in [0.1, 0.15) is 47.9 Å². The summed E-state index contributed by atoms with van der Waals surface area (Å²) in [5.41, 5.74) is 1.10. The van der Waals surface area contributed by atoms with Gasteiger partial charge in [0.1, 0.15) is 23.8 Å². The molecule has 42 heavy (non-hydrogen) atoms. The highest BCUT2D eigenvalue weighted by Gasteiger charge is 2.39. The number of nitrogens with one attached hydrogen (secondary N) is 2. The lowest BCUT2D eigenvalue weighted by Crippen LogP contribution is -2.41. The summed E-state index contributed by atoms with van der Waals surface area (Å²) >= 11 is 0. The molecule has 2 aromatic carbocycles. The molecule has 1 atom stereocenters. The maximum Gasteiger partial charge on any atom is 0.407 e. The number of hydrogen-bond acceptors (Lipinski definition) is 10. The summed E-state index contributed by atoms with van der Waals surface area (Å²) in [6, 6.07) is 16.4. The number of carbonyl (C=O) groups is 4. The number of anilines is 1. The number of amides is 3. The molecule has 3 N–H and O–H groups in total. The third-order valence-corrected chi connectivity index (χ3v) is 5.81. The number of carbonyl (C=O) groups excluding carboxylic acids is 3. The van der Waals surface area contributed by atoms with Gasteiger partial charge in [-0.25, -0.2) is 14.4 Å². The van der Waals surface area contributed by atoms with Crippen molar-refractivity contribution in [1.29, 1.82) is 0 Å². The van der Waals surface area contributed by atoms with E-state index in [4.69, 9.17) is 14.3 Å². The third kappa shape index (κ3) is 7.79. The maximum absolute atomic E-state index is 12.5. The van der Waals surface area contributed by atoms with E-state index in [9.17, 15) is 24.3 Å². The first kappa shape index (κ1) is 29.9. The topological polar surface area (TPSA) is 169 Å². The largest absolute Gasteiger partial charge is 0.490 e. The standard InChI is InChI=1S/C29H31N5O8/c1-29(2,3)41-28(39)31-16-6-15-30-24-14-13-22(32-33-24)18-9-11-19(12-10-18)40-17-23(27(37)38)42-34-25(35)20-7-4-5-8-21(20)26(34)36/h4-5,7-14,23H,6,15-17H2,1-3H3,(H,30,33)(H,31,39)(H,37,38)/t23-/m1/s1. The van der Waals surface area contributed by atoms with Crippen LogP contribution in [0.25, 0.3) is 11.3 Å². The number of aliphatic carboxylic acids is 1. The van der Waals surface area contributed by atoms with Crippen molar-refractivity contribution in [1.82, 2.24) is 20.6 Å².